The summed E-state index contributed by atoms with van der Waals surface area (Å²) >= 11 is 0. The summed E-state index contributed by atoms with van der Waals surface area (Å²) in [4.78, 5) is 24.1. The molecule has 1 aliphatic rings. The molecule has 1 amide bonds. The molecule has 0 saturated carbocycles. The average Bonchev–Trinajstić information content (AvgIpc) is 2.56. The molecule has 1 aliphatic heterocycles. The Morgan fingerprint density at radius 2 is 2.33 bits per heavy atom. The zero-order valence-electron chi connectivity index (χ0n) is 8.52. The van der Waals surface area contributed by atoms with E-state index in [0.29, 0.717) is 25.3 Å². The lowest BCUT2D eigenvalue weighted by Crippen LogP contribution is -2.38. The van der Waals surface area contributed by atoms with Crippen LogP contribution in [0.4, 0.5) is 0 Å². The van der Waals surface area contributed by atoms with Crippen molar-refractivity contribution in [3.05, 3.63) is 17.5 Å². The number of Topliss-reactive ketones (excluding diaryl/α,β-unsaturated/α-hetero) is 1. The van der Waals surface area contributed by atoms with E-state index in [0.717, 1.165) is 5.69 Å². The molecule has 0 radical (unpaired) electrons. The van der Waals surface area contributed by atoms with Crippen molar-refractivity contribution in [3.8, 4) is 0 Å². The SMILES string of the molecule is Cc1cc(CN2CCC(=O)CC2=O)on1. The average molecular weight is 208 g/mol. The number of rotatable bonds is 2. The van der Waals surface area contributed by atoms with Crippen molar-refractivity contribution in [1.29, 1.82) is 0 Å². The van der Waals surface area contributed by atoms with E-state index >= 15 is 0 Å². The van der Waals surface area contributed by atoms with Gasteiger partial charge in [0, 0.05) is 19.0 Å². The molecule has 1 aromatic rings. The monoisotopic (exact) mass is 208 g/mol. The molecule has 0 aliphatic carbocycles. The molecule has 15 heavy (non-hydrogen) atoms. The van der Waals surface area contributed by atoms with Crippen LogP contribution < -0.4 is 0 Å². The van der Waals surface area contributed by atoms with Crippen molar-refractivity contribution >= 4 is 11.7 Å². The Hall–Kier alpha value is -1.65. The summed E-state index contributed by atoms with van der Waals surface area (Å²) in [5.41, 5.74) is 0.797. The smallest absolute Gasteiger partial charge is 0.230 e. The summed E-state index contributed by atoms with van der Waals surface area (Å²) in [5, 5.41) is 3.74. The highest BCUT2D eigenvalue weighted by Gasteiger charge is 2.24. The van der Waals surface area contributed by atoms with Gasteiger partial charge in [-0.15, -0.1) is 0 Å². The van der Waals surface area contributed by atoms with Gasteiger partial charge in [-0.2, -0.15) is 0 Å². The van der Waals surface area contributed by atoms with Gasteiger partial charge in [0.2, 0.25) is 5.91 Å². The quantitative estimate of drug-likeness (QED) is 0.670. The number of likely N-dealkylation sites (tertiary alicyclic amines) is 1. The number of nitrogens with zero attached hydrogens (tertiary/aromatic N) is 2. The second kappa shape index (κ2) is 3.84. The van der Waals surface area contributed by atoms with Crippen LogP contribution in [-0.4, -0.2) is 28.3 Å². The van der Waals surface area contributed by atoms with Crippen molar-refractivity contribution in [3.63, 3.8) is 0 Å². The number of ketones is 1. The van der Waals surface area contributed by atoms with E-state index in [1.165, 1.54) is 0 Å². The Balaban J connectivity index is 2.00. The molecule has 80 valence electrons. The summed E-state index contributed by atoms with van der Waals surface area (Å²) in [5.74, 6) is 0.556. The number of hydrogen-bond acceptors (Lipinski definition) is 4. The van der Waals surface area contributed by atoms with Gasteiger partial charge < -0.3 is 9.42 Å². The van der Waals surface area contributed by atoms with Gasteiger partial charge in [-0.1, -0.05) is 5.16 Å². The normalized spacial score (nSPS) is 17.3. The Bertz CT molecular complexity index is 397. The second-order valence-electron chi connectivity index (χ2n) is 3.72. The van der Waals surface area contributed by atoms with E-state index in [1.54, 1.807) is 11.0 Å². The predicted octanol–water partition coefficient (Wildman–Crippen LogP) is 0.675. The number of amides is 1. The van der Waals surface area contributed by atoms with Crippen LogP contribution in [0.2, 0.25) is 0 Å². The van der Waals surface area contributed by atoms with E-state index < -0.39 is 0 Å². The minimum atomic E-state index is -0.125. The largest absolute Gasteiger partial charge is 0.359 e. The highest BCUT2D eigenvalue weighted by Crippen LogP contribution is 2.12. The lowest BCUT2D eigenvalue weighted by atomic mass is 10.1. The van der Waals surface area contributed by atoms with Crippen LogP contribution in [0.5, 0.6) is 0 Å². The number of aromatic nitrogens is 1. The Morgan fingerprint density at radius 3 is 2.93 bits per heavy atom. The van der Waals surface area contributed by atoms with Crippen LogP contribution in [-0.2, 0) is 16.1 Å². The molecule has 1 fully saturated rings. The topological polar surface area (TPSA) is 63.4 Å². The van der Waals surface area contributed by atoms with Gasteiger partial charge in [0.05, 0.1) is 18.7 Å². The van der Waals surface area contributed by atoms with Gasteiger partial charge >= 0.3 is 0 Å². The van der Waals surface area contributed by atoms with E-state index in [2.05, 4.69) is 5.16 Å². The summed E-state index contributed by atoms with van der Waals surface area (Å²) in [6.45, 7) is 2.72. The molecule has 0 atom stereocenters. The van der Waals surface area contributed by atoms with Gasteiger partial charge in [-0.25, -0.2) is 0 Å². The van der Waals surface area contributed by atoms with Crippen LogP contribution in [0.15, 0.2) is 10.6 Å². The fraction of sp³-hybridized carbons (Fsp3) is 0.500. The number of hydrogen-bond donors (Lipinski definition) is 0. The molecule has 0 spiro atoms. The summed E-state index contributed by atoms with van der Waals surface area (Å²) in [6, 6.07) is 1.80. The maximum absolute atomic E-state index is 11.5. The second-order valence-corrected chi connectivity index (χ2v) is 3.72. The summed E-state index contributed by atoms with van der Waals surface area (Å²) in [6.07, 6.45) is 0.464. The first-order valence-corrected chi connectivity index (χ1v) is 4.87. The highest BCUT2D eigenvalue weighted by molar-refractivity contribution is 6.00. The van der Waals surface area contributed by atoms with E-state index in [-0.39, 0.29) is 18.1 Å². The minimum Gasteiger partial charge on any atom is -0.359 e. The molecule has 0 aromatic carbocycles. The Labute approximate surface area is 87.0 Å². The van der Waals surface area contributed by atoms with Crippen molar-refractivity contribution in [2.75, 3.05) is 6.54 Å². The molecule has 0 N–H and O–H groups in total. The summed E-state index contributed by atoms with van der Waals surface area (Å²) in [7, 11) is 0. The van der Waals surface area contributed by atoms with Crippen LogP contribution >= 0.6 is 0 Å². The van der Waals surface area contributed by atoms with Crippen LogP contribution in [0.3, 0.4) is 0 Å². The fourth-order valence-electron chi connectivity index (χ4n) is 1.60. The summed E-state index contributed by atoms with van der Waals surface area (Å²) < 4.78 is 5.01. The van der Waals surface area contributed by atoms with Crippen molar-refractivity contribution in [2.24, 2.45) is 0 Å². The standard InChI is InChI=1S/C10H12N2O3/c1-7-4-9(15-11-7)6-12-3-2-8(13)5-10(12)14/h4H,2-3,5-6H2,1H3. The zero-order chi connectivity index (χ0) is 10.8. The molecule has 0 unspecified atom stereocenters. The minimum absolute atomic E-state index is 0.0185. The molecular formula is C10H12N2O3. The van der Waals surface area contributed by atoms with Crippen molar-refractivity contribution in [2.45, 2.75) is 26.3 Å². The fourth-order valence-corrected chi connectivity index (χ4v) is 1.60. The third-order valence-corrected chi connectivity index (χ3v) is 2.39. The lowest BCUT2D eigenvalue weighted by Gasteiger charge is -2.24. The molecule has 5 heteroatoms. The Morgan fingerprint density at radius 1 is 1.53 bits per heavy atom. The number of carbonyl (C=O) groups is 2. The van der Waals surface area contributed by atoms with Crippen molar-refractivity contribution < 1.29 is 14.1 Å². The first-order chi connectivity index (χ1) is 7.15. The van der Waals surface area contributed by atoms with E-state index in [4.69, 9.17) is 4.52 Å². The molecule has 2 heterocycles. The zero-order valence-corrected chi connectivity index (χ0v) is 8.52. The molecular weight excluding hydrogens is 196 g/mol. The van der Waals surface area contributed by atoms with Crippen LogP contribution in [0, 0.1) is 6.92 Å². The highest BCUT2D eigenvalue weighted by atomic mass is 16.5. The van der Waals surface area contributed by atoms with Gasteiger partial charge in [0.1, 0.15) is 5.78 Å². The first kappa shape index (κ1) is 9.89. The van der Waals surface area contributed by atoms with Gasteiger partial charge in [0.25, 0.3) is 0 Å². The third-order valence-electron chi connectivity index (χ3n) is 2.39. The first-order valence-electron chi connectivity index (χ1n) is 4.87. The molecule has 0 bridgehead atoms. The van der Waals surface area contributed by atoms with Gasteiger partial charge in [-0.3, -0.25) is 9.59 Å². The molecule has 1 aromatic heterocycles. The molecule has 1 saturated heterocycles. The lowest BCUT2D eigenvalue weighted by molar-refractivity contribution is -0.140. The maximum Gasteiger partial charge on any atom is 0.230 e. The predicted molar refractivity (Wildman–Crippen MR) is 50.9 cm³/mol. The van der Waals surface area contributed by atoms with Gasteiger partial charge in [0.15, 0.2) is 5.76 Å². The number of piperidine rings is 1. The molecule has 2 rings (SSSR count). The Kier molecular flexibility index (Phi) is 2.53. The van der Waals surface area contributed by atoms with Crippen LogP contribution in [0.25, 0.3) is 0 Å². The number of carbonyl (C=O) groups excluding carboxylic acids is 2. The molecule has 5 nitrogen and oxygen atoms in total. The van der Waals surface area contributed by atoms with E-state index in [9.17, 15) is 9.59 Å². The van der Waals surface area contributed by atoms with E-state index in [1.807, 2.05) is 6.92 Å². The number of aryl methyl sites for hydroxylation is 1. The van der Waals surface area contributed by atoms with Gasteiger partial charge in [-0.05, 0) is 6.92 Å². The van der Waals surface area contributed by atoms with Crippen molar-refractivity contribution in [1.82, 2.24) is 10.1 Å². The maximum atomic E-state index is 11.5. The van der Waals surface area contributed by atoms with Crippen LogP contribution in [0.1, 0.15) is 24.3 Å². The third kappa shape index (κ3) is 2.23.